The topological polar surface area (TPSA) is 94.8 Å². The number of nitrogens with one attached hydrogen (secondary N) is 1. The molecule has 2 heterocycles. The van der Waals surface area contributed by atoms with Crippen molar-refractivity contribution < 1.29 is 9.53 Å². The number of ether oxygens (including phenoxy) is 1. The van der Waals surface area contributed by atoms with Crippen LogP contribution in [0.25, 0.3) is 11.1 Å². The van der Waals surface area contributed by atoms with Crippen molar-refractivity contribution in [2.75, 3.05) is 5.32 Å². The van der Waals surface area contributed by atoms with Crippen LogP contribution < -0.4 is 5.32 Å². The maximum Gasteiger partial charge on any atom is 0.435 e. The number of aromatic nitrogens is 5. The first-order chi connectivity index (χ1) is 12.3. The second kappa shape index (κ2) is 7.09. The summed E-state index contributed by atoms with van der Waals surface area (Å²) in [5.41, 5.74) is 1.69. The van der Waals surface area contributed by atoms with Crippen molar-refractivity contribution in [3.05, 3.63) is 48.3 Å². The van der Waals surface area contributed by atoms with Gasteiger partial charge in [-0.2, -0.15) is 14.8 Å². The Hall–Kier alpha value is -3.00. The van der Waals surface area contributed by atoms with Crippen LogP contribution in [0.1, 0.15) is 20.8 Å². The van der Waals surface area contributed by atoms with E-state index in [0.29, 0.717) is 5.95 Å². The molecule has 1 N–H and O–H groups in total. The van der Waals surface area contributed by atoms with E-state index in [1.807, 2.05) is 24.3 Å². The van der Waals surface area contributed by atoms with Gasteiger partial charge in [-0.15, -0.1) is 0 Å². The van der Waals surface area contributed by atoms with Crippen LogP contribution in [0.5, 0.6) is 0 Å². The maximum absolute atomic E-state index is 12.1. The van der Waals surface area contributed by atoms with Crippen LogP contribution in [-0.2, 0) is 4.74 Å². The van der Waals surface area contributed by atoms with Crippen LogP contribution in [0.15, 0.2) is 43.0 Å². The van der Waals surface area contributed by atoms with Gasteiger partial charge in [0.15, 0.2) is 0 Å². The van der Waals surface area contributed by atoms with Gasteiger partial charge >= 0.3 is 6.09 Å². The largest absolute Gasteiger partial charge is 0.442 e. The van der Waals surface area contributed by atoms with Crippen molar-refractivity contribution >= 4 is 29.3 Å². The number of anilines is 2. The number of para-hydroxylation sites is 1. The summed E-state index contributed by atoms with van der Waals surface area (Å²) in [5.74, 6) is 0.317. The van der Waals surface area contributed by atoms with E-state index in [1.165, 1.54) is 6.33 Å². The Morgan fingerprint density at radius 3 is 2.73 bits per heavy atom. The van der Waals surface area contributed by atoms with Gasteiger partial charge in [-0.3, -0.25) is 0 Å². The molecule has 0 aliphatic carbocycles. The van der Waals surface area contributed by atoms with Crippen molar-refractivity contribution in [1.29, 1.82) is 0 Å². The summed E-state index contributed by atoms with van der Waals surface area (Å²) in [6.45, 7) is 5.40. The number of carbonyl (C=O) groups is 1. The Labute approximate surface area is 155 Å². The Morgan fingerprint density at radius 1 is 1.23 bits per heavy atom. The summed E-state index contributed by atoms with van der Waals surface area (Å²) < 4.78 is 6.48. The van der Waals surface area contributed by atoms with E-state index >= 15 is 0 Å². The van der Waals surface area contributed by atoms with Crippen molar-refractivity contribution in [2.24, 2.45) is 0 Å². The van der Waals surface area contributed by atoms with Gasteiger partial charge in [0.2, 0.25) is 11.2 Å². The number of carbonyl (C=O) groups excluding carboxylic acids is 1. The minimum Gasteiger partial charge on any atom is -0.442 e. The fourth-order valence-electron chi connectivity index (χ4n) is 2.17. The lowest BCUT2D eigenvalue weighted by Gasteiger charge is -2.18. The predicted molar refractivity (Wildman–Crippen MR) is 97.4 cm³/mol. The van der Waals surface area contributed by atoms with Gasteiger partial charge in [0, 0.05) is 23.0 Å². The molecule has 0 aliphatic heterocycles. The second-order valence-electron chi connectivity index (χ2n) is 6.40. The molecule has 26 heavy (non-hydrogen) atoms. The molecule has 0 saturated heterocycles. The Bertz CT molecular complexity index is 935. The van der Waals surface area contributed by atoms with Crippen LogP contribution in [0, 0.1) is 0 Å². The molecular weight excluding hydrogens is 356 g/mol. The molecule has 0 unspecified atom stereocenters. The number of hydrogen-bond donors (Lipinski definition) is 1. The zero-order valence-corrected chi connectivity index (χ0v) is 15.2. The summed E-state index contributed by atoms with van der Waals surface area (Å²) in [6, 6.07) is 7.50. The van der Waals surface area contributed by atoms with Crippen molar-refractivity contribution in [3.63, 3.8) is 0 Å². The lowest BCUT2D eigenvalue weighted by atomic mass is 10.1. The van der Waals surface area contributed by atoms with Gasteiger partial charge in [0.05, 0.1) is 6.20 Å². The number of halogens is 1. The molecule has 1 aromatic carbocycles. The number of rotatable bonds is 3. The van der Waals surface area contributed by atoms with Gasteiger partial charge in [-0.1, -0.05) is 18.2 Å². The highest BCUT2D eigenvalue weighted by atomic mass is 35.5. The smallest absolute Gasteiger partial charge is 0.435 e. The average molecular weight is 373 g/mol. The van der Waals surface area contributed by atoms with E-state index < -0.39 is 11.7 Å². The van der Waals surface area contributed by atoms with E-state index in [2.05, 4.69) is 25.4 Å². The fraction of sp³-hybridized carbons (Fsp3) is 0.235. The third-order valence-electron chi connectivity index (χ3n) is 3.19. The summed E-state index contributed by atoms with van der Waals surface area (Å²) in [7, 11) is 0. The quantitative estimate of drug-likeness (QED) is 0.744. The van der Waals surface area contributed by atoms with Crippen molar-refractivity contribution in [3.8, 4) is 11.1 Å². The summed E-state index contributed by atoms with van der Waals surface area (Å²) in [5, 5.41) is 7.27. The lowest BCUT2D eigenvalue weighted by molar-refractivity contribution is 0.0514. The highest BCUT2D eigenvalue weighted by molar-refractivity contribution is 6.28. The van der Waals surface area contributed by atoms with Gasteiger partial charge in [0.1, 0.15) is 11.9 Å². The Morgan fingerprint density at radius 2 is 2.00 bits per heavy atom. The summed E-state index contributed by atoms with van der Waals surface area (Å²) in [6.07, 6.45) is 3.97. The molecule has 0 radical (unpaired) electrons. The molecule has 0 saturated carbocycles. The molecule has 0 spiro atoms. The molecule has 0 amide bonds. The molecule has 0 fully saturated rings. The molecule has 8 nitrogen and oxygen atoms in total. The third-order valence-corrected chi connectivity index (χ3v) is 3.37. The van der Waals surface area contributed by atoms with Crippen LogP contribution >= 0.6 is 11.6 Å². The highest BCUT2D eigenvalue weighted by Gasteiger charge is 2.19. The van der Waals surface area contributed by atoms with E-state index in [4.69, 9.17) is 16.3 Å². The van der Waals surface area contributed by atoms with E-state index in [0.717, 1.165) is 21.5 Å². The summed E-state index contributed by atoms with van der Waals surface area (Å²) in [4.78, 5) is 23.9. The third kappa shape index (κ3) is 4.34. The second-order valence-corrected chi connectivity index (χ2v) is 6.74. The van der Waals surface area contributed by atoms with Gasteiger partial charge in [-0.05, 0) is 38.4 Å². The molecule has 134 valence electrons. The first-order valence-corrected chi connectivity index (χ1v) is 8.18. The molecule has 0 bridgehead atoms. The monoisotopic (exact) mass is 372 g/mol. The predicted octanol–water partition coefficient (Wildman–Crippen LogP) is 3.92. The lowest BCUT2D eigenvalue weighted by Crippen LogP contribution is -2.27. The maximum atomic E-state index is 12.1. The molecule has 3 rings (SSSR count). The standard InChI is InChI=1S/C17H17ClN6O2/c1-17(2,3)26-16(25)24-9-11(8-21-24)12-6-4-5-7-13(12)22-15-20-10-19-14(18)23-15/h4-10H,1-3H3,(H,19,20,22,23). The zero-order chi connectivity index (χ0) is 18.7. The number of hydrogen-bond acceptors (Lipinski definition) is 7. The Kier molecular flexibility index (Phi) is 4.85. The summed E-state index contributed by atoms with van der Waals surface area (Å²) >= 11 is 5.79. The highest BCUT2D eigenvalue weighted by Crippen LogP contribution is 2.29. The van der Waals surface area contributed by atoms with E-state index in [9.17, 15) is 4.79 Å². The van der Waals surface area contributed by atoms with Crippen LogP contribution in [0.4, 0.5) is 16.4 Å². The van der Waals surface area contributed by atoms with Crippen molar-refractivity contribution in [2.45, 2.75) is 26.4 Å². The SMILES string of the molecule is CC(C)(C)OC(=O)n1cc(-c2ccccc2Nc2ncnc(Cl)n2)cn1. The Balaban J connectivity index is 1.88. The molecule has 0 aliphatic rings. The normalized spacial score (nSPS) is 11.2. The van der Waals surface area contributed by atoms with Crippen LogP contribution in [-0.4, -0.2) is 36.4 Å². The van der Waals surface area contributed by atoms with Crippen LogP contribution in [0.2, 0.25) is 5.28 Å². The van der Waals surface area contributed by atoms with Crippen LogP contribution in [0.3, 0.4) is 0 Å². The van der Waals surface area contributed by atoms with Gasteiger partial charge in [-0.25, -0.2) is 14.8 Å². The number of nitrogens with zero attached hydrogens (tertiary/aromatic N) is 5. The van der Waals surface area contributed by atoms with E-state index in [1.54, 1.807) is 33.2 Å². The first kappa shape index (κ1) is 17.8. The number of benzene rings is 1. The van der Waals surface area contributed by atoms with Crippen molar-refractivity contribution in [1.82, 2.24) is 24.7 Å². The minimum absolute atomic E-state index is 0.0951. The van der Waals surface area contributed by atoms with E-state index in [-0.39, 0.29) is 5.28 Å². The van der Waals surface area contributed by atoms with Gasteiger partial charge < -0.3 is 10.1 Å². The minimum atomic E-state index is -0.597. The molecule has 3 aromatic rings. The molecule has 9 heteroatoms. The average Bonchev–Trinajstić information content (AvgIpc) is 3.04. The molecule has 2 aromatic heterocycles. The molecule has 0 atom stereocenters. The fourth-order valence-corrected chi connectivity index (χ4v) is 2.29. The van der Waals surface area contributed by atoms with Gasteiger partial charge in [0.25, 0.3) is 0 Å². The first-order valence-electron chi connectivity index (χ1n) is 7.81. The molecular formula is C17H17ClN6O2. The zero-order valence-electron chi connectivity index (χ0n) is 14.5.